The van der Waals surface area contributed by atoms with Crippen molar-refractivity contribution in [3.8, 4) is 11.5 Å². The van der Waals surface area contributed by atoms with Crippen LogP contribution in [-0.2, 0) is 25.7 Å². The van der Waals surface area contributed by atoms with Crippen molar-refractivity contribution in [1.82, 2.24) is 5.32 Å². The molecule has 0 saturated heterocycles. The molecule has 2 heterocycles. The summed E-state index contributed by atoms with van der Waals surface area (Å²) in [5.41, 5.74) is 6.80. The third kappa shape index (κ3) is 3.46. The quantitative estimate of drug-likeness (QED) is 0.846. The Hall–Kier alpha value is -2.69. The average molecular weight is 366 g/mol. The third-order valence-electron chi connectivity index (χ3n) is 5.40. The molecule has 0 spiro atoms. The normalized spacial score (nSPS) is 14.1. The molecule has 2 aliphatic rings. The maximum absolute atomic E-state index is 12.4. The van der Waals surface area contributed by atoms with Crippen molar-refractivity contribution >= 4 is 11.7 Å². The Bertz CT molecular complexity index is 844. The van der Waals surface area contributed by atoms with E-state index in [0.717, 1.165) is 67.2 Å². The SMILES string of the molecule is CCc1cccc(C)c1NC(=O)NCCc1c2c(cc3c1OCC3)OCC2. The van der Waals surface area contributed by atoms with Crippen LogP contribution < -0.4 is 20.1 Å². The number of para-hydroxylation sites is 1. The van der Waals surface area contributed by atoms with Crippen LogP contribution in [0.1, 0.15) is 34.7 Å². The van der Waals surface area contributed by atoms with E-state index < -0.39 is 0 Å². The standard InChI is InChI=1S/C22H26N2O3/c1-3-15-6-4-5-14(2)20(15)24-22(25)23-10-7-18-17-9-12-26-19(17)13-16-8-11-27-21(16)18/h4-6,13H,3,7-12H2,1-2H3,(H2,23,24,25). The van der Waals surface area contributed by atoms with E-state index in [4.69, 9.17) is 9.47 Å². The van der Waals surface area contributed by atoms with Crippen LogP contribution in [0.2, 0.25) is 0 Å². The molecule has 5 heteroatoms. The summed E-state index contributed by atoms with van der Waals surface area (Å²) in [6.07, 6.45) is 3.48. The molecule has 0 unspecified atom stereocenters. The first-order chi connectivity index (χ1) is 13.2. The Labute approximate surface area is 160 Å². The predicted octanol–water partition coefficient (Wildman–Crippen LogP) is 3.79. The molecular formula is C22H26N2O3. The minimum Gasteiger partial charge on any atom is -0.493 e. The number of rotatable bonds is 5. The Morgan fingerprint density at radius 1 is 1.19 bits per heavy atom. The van der Waals surface area contributed by atoms with Gasteiger partial charge in [-0.1, -0.05) is 25.1 Å². The summed E-state index contributed by atoms with van der Waals surface area (Å²) < 4.78 is 11.6. The maximum Gasteiger partial charge on any atom is 0.319 e. The maximum atomic E-state index is 12.4. The highest BCUT2D eigenvalue weighted by atomic mass is 16.5. The number of hydrogen-bond donors (Lipinski definition) is 2. The lowest BCUT2D eigenvalue weighted by Crippen LogP contribution is -2.31. The van der Waals surface area contributed by atoms with Gasteiger partial charge in [0.2, 0.25) is 0 Å². The number of benzene rings is 2. The fraction of sp³-hybridized carbons (Fsp3) is 0.409. The van der Waals surface area contributed by atoms with Gasteiger partial charge in [0.15, 0.2) is 0 Å². The van der Waals surface area contributed by atoms with Gasteiger partial charge in [-0.05, 0) is 37.0 Å². The van der Waals surface area contributed by atoms with E-state index in [9.17, 15) is 4.79 Å². The van der Waals surface area contributed by atoms with Crippen LogP contribution in [-0.4, -0.2) is 25.8 Å². The van der Waals surface area contributed by atoms with Gasteiger partial charge in [-0.3, -0.25) is 0 Å². The van der Waals surface area contributed by atoms with Gasteiger partial charge in [-0.25, -0.2) is 4.79 Å². The number of carbonyl (C=O) groups is 1. The summed E-state index contributed by atoms with van der Waals surface area (Å²) in [7, 11) is 0. The van der Waals surface area contributed by atoms with Crippen molar-refractivity contribution in [2.24, 2.45) is 0 Å². The van der Waals surface area contributed by atoms with Crippen LogP contribution in [0.15, 0.2) is 24.3 Å². The monoisotopic (exact) mass is 366 g/mol. The molecule has 0 saturated carbocycles. The molecule has 4 rings (SSSR count). The lowest BCUT2D eigenvalue weighted by molar-refractivity contribution is 0.252. The molecule has 5 nitrogen and oxygen atoms in total. The van der Waals surface area contributed by atoms with E-state index in [-0.39, 0.29) is 6.03 Å². The topological polar surface area (TPSA) is 59.6 Å². The first-order valence-corrected chi connectivity index (χ1v) is 9.74. The summed E-state index contributed by atoms with van der Waals surface area (Å²) in [5, 5.41) is 6.01. The number of amides is 2. The van der Waals surface area contributed by atoms with E-state index in [1.165, 1.54) is 16.7 Å². The highest BCUT2D eigenvalue weighted by molar-refractivity contribution is 5.91. The van der Waals surface area contributed by atoms with Gasteiger partial charge in [-0.2, -0.15) is 0 Å². The Morgan fingerprint density at radius 3 is 2.89 bits per heavy atom. The van der Waals surface area contributed by atoms with Gasteiger partial charge in [0.05, 0.1) is 13.2 Å². The summed E-state index contributed by atoms with van der Waals surface area (Å²) >= 11 is 0. The molecular weight excluding hydrogens is 340 g/mol. The zero-order valence-electron chi connectivity index (χ0n) is 16.0. The van der Waals surface area contributed by atoms with Gasteiger partial charge in [0, 0.05) is 41.8 Å². The van der Waals surface area contributed by atoms with Crippen molar-refractivity contribution in [3.63, 3.8) is 0 Å². The average Bonchev–Trinajstić information content (AvgIpc) is 3.31. The smallest absolute Gasteiger partial charge is 0.319 e. The van der Waals surface area contributed by atoms with E-state index in [1.54, 1.807) is 0 Å². The van der Waals surface area contributed by atoms with Crippen LogP contribution in [0.4, 0.5) is 10.5 Å². The van der Waals surface area contributed by atoms with E-state index in [2.05, 4.69) is 29.7 Å². The predicted molar refractivity (Wildman–Crippen MR) is 106 cm³/mol. The lowest BCUT2D eigenvalue weighted by Gasteiger charge is -2.15. The van der Waals surface area contributed by atoms with E-state index in [0.29, 0.717) is 6.54 Å². The first kappa shape index (κ1) is 17.7. The Morgan fingerprint density at radius 2 is 2.04 bits per heavy atom. The zero-order valence-corrected chi connectivity index (χ0v) is 16.0. The van der Waals surface area contributed by atoms with Crippen LogP contribution in [0.25, 0.3) is 0 Å². The fourth-order valence-electron chi connectivity index (χ4n) is 4.01. The number of nitrogens with one attached hydrogen (secondary N) is 2. The molecule has 0 aromatic heterocycles. The van der Waals surface area contributed by atoms with Gasteiger partial charge in [0.25, 0.3) is 0 Å². The van der Waals surface area contributed by atoms with E-state index >= 15 is 0 Å². The van der Waals surface area contributed by atoms with Gasteiger partial charge in [-0.15, -0.1) is 0 Å². The van der Waals surface area contributed by atoms with Crippen LogP contribution in [0.3, 0.4) is 0 Å². The number of fused-ring (bicyclic) bond motifs is 2. The van der Waals surface area contributed by atoms with Crippen LogP contribution >= 0.6 is 0 Å². The number of urea groups is 1. The molecule has 0 bridgehead atoms. The lowest BCUT2D eigenvalue weighted by atomic mass is 9.97. The van der Waals surface area contributed by atoms with Gasteiger partial charge in [0.1, 0.15) is 11.5 Å². The fourth-order valence-corrected chi connectivity index (χ4v) is 4.01. The Balaban J connectivity index is 1.42. The second-order valence-corrected chi connectivity index (χ2v) is 7.11. The van der Waals surface area contributed by atoms with Crippen LogP contribution in [0, 0.1) is 6.92 Å². The van der Waals surface area contributed by atoms with Crippen molar-refractivity contribution in [3.05, 3.63) is 52.1 Å². The summed E-state index contributed by atoms with van der Waals surface area (Å²) in [6.45, 7) is 6.13. The molecule has 0 radical (unpaired) electrons. The van der Waals surface area contributed by atoms with E-state index in [1.807, 2.05) is 19.1 Å². The third-order valence-corrected chi connectivity index (χ3v) is 5.40. The number of anilines is 1. The second kappa shape index (κ2) is 7.51. The molecule has 2 aromatic carbocycles. The Kier molecular flexibility index (Phi) is 4.92. The molecule has 2 aromatic rings. The van der Waals surface area contributed by atoms with Crippen molar-refractivity contribution in [2.75, 3.05) is 25.1 Å². The number of ether oxygens (including phenoxy) is 2. The molecule has 0 atom stereocenters. The van der Waals surface area contributed by atoms with Gasteiger partial charge >= 0.3 is 6.03 Å². The number of hydrogen-bond acceptors (Lipinski definition) is 3. The molecule has 0 aliphatic carbocycles. The molecule has 2 aliphatic heterocycles. The molecule has 2 amide bonds. The number of aryl methyl sites for hydroxylation is 2. The largest absolute Gasteiger partial charge is 0.493 e. The molecule has 27 heavy (non-hydrogen) atoms. The summed E-state index contributed by atoms with van der Waals surface area (Å²) in [5.74, 6) is 2.00. The molecule has 2 N–H and O–H groups in total. The van der Waals surface area contributed by atoms with Crippen molar-refractivity contribution in [2.45, 2.75) is 39.5 Å². The minimum atomic E-state index is -0.166. The first-order valence-electron chi connectivity index (χ1n) is 9.74. The summed E-state index contributed by atoms with van der Waals surface area (Å²) in [6, 6.07) is 8.05. The van der Waals surface area contributed by atoms with Crippen molar-refractivity contribution < 1.29 is 14.3 Å². The molecule has 0 fully saturated rings. The molecule has 142 valence electrons. The summed E-state index contributed by atoms with van der Waals surface area (Å²) in [4.78, 5) is 12.4. The minimum absolute atomic E-state index is 0.166. The van der Waals surface area contributed by atoms with Gasteiger partial charge < -0.3 is 20.1 Å². The highest BCUT2D eigenvalue weighted by Gasteiger charge is 2.26. The highest BCUT2D eigenvalue weighted by Crippen LogP contribution is 2.40. The zero-order chi connectivity index (χ0) is 18.8. The number of carbonyl (C=O) groups excluding carboxylic acids is 1. The van der Waals surface area contributed by atoms with Crippen LogP contribution in [0.5, 0.6) is 11.5 Å². The van der Waals surface area contributed by atoms with Crippen molar-refractivity contribution in [1.29, 1.82) is 0 Å². The second-order valence-electron chi connectivity index (χ2n) is 7.11.